The number of β-amino-alcohol motifs (C(OH)–C–C–N with tert-alkyl or cyclic N) is 1. The van der Waals surface area contributed by atoms with Crippen molar-refractivity contribution in [2.75, 3.05) is 44.2 Å². The zero-order chi connectivity index (χ0) is 12.1. The van der Waals surface area contributed by atoms with E-state index >= 15 is 0 Å². The molecule has 6 nitrogen and oxygen atoms in total. The zero-order valence-corrected chi connectivity index (χ0v) is 9.92. The highest BCUT2D eigenvalue weighted by atomic mass is 16.3. The number of nitrogens with two attached hydrogens (primary N) is 1. The van der Waals surface area contributed by atoms with Crippen LogP contribution in [-0.2, 0) is 6.54 Å². The topological polar surface area (TPSA) is 78.5 Å². The molecule has 94 valence electrons. The van der Waals surface area contributed by atoms with Crippen molar-refractivity contribution in [3.8, 4) is 0 Å². The maximum atomic E-state index is 8.87. The van der Waals surface area contributed by atoms with Crippen molar-refractivity contribution in [3.05, 3.63) is 18.0 Å². The molecule has 1 aromatic heterocycles. The molecule has 1 aromatic rings. The highest BCUT2D eigenvalue weighted by Gasteiger charge is 2.18. The van der Waals surface area contributed by atoms with Gasteiger partial charge in [0, 0.05) is 57.2 Å². The molecular formula is C11H19N5O. The van der Waals surface area contributed by atoms with Crippen molar-refractivity contribution in [2.45, 2.75) is 6.54 Å². The Labute approximate surface area is 101 Å². The number of hydrogen-bond donors (Lipinski definition) is 2. The Bertz CT molecular complexity index is 334. The molecule has 0 aromatic carbocycles. The molecule has 1 aliphatic heterocycles. The van der Waals surface area contributed by atoms with E-state index in [2.05, 4.69) is 19.8 Å². The smallest absolute Gasteiger partial charge is 0.225 e. The fourth-order valence-electron chi connectivity index (χ4n) is 1.93. The molecule has 6 heteroatoms. The Balaban J connectivity index is 1.91. The summed E-state index contributed by atoms with van der Waals surface area (Å²) in [6.07, 6.45) is 3.56. The molecule has 1 saturated heterocycles. The highest BCUT2D eigenvalue weighted by molar-refractivity contribution is 5.30. The summed E-state index contributed by atoms with van der Waals surface area (Å²) < 4.78 is 0. The van der Waals surface area contributed by atoms with Crippen LogP contribution < -0.4 is 10.6 Å². The van der Waals surface area contributed by atoms with Crippen LogP contribution in [0.1, 0.15) is 5.56 Å². The van der Waals surface area contributed by atoms with E-state index in [1.807, 2.05) is 0 Å². The fraction of sp³-hybridized carbons (Fsp3) is 0.636. The van der Waals surface area contributed by atoms with Crippen molar-refractivity contribution >= 4 is 5.95 Å². The lowest BCUT2D eigenvalue weighted by atomic mass is 10.3. The molecule has 3 N–H and O–H groups in total. The Morgan fingerprint density at radius 3 is 2.35 bits per heavy atom. The lowest BCUT2D eigenvalue weighted by molar-refractivity contribution is 0.188. The lowest BCUT2D eigenvalue weighted by Crippen LogP contribution is -2.47. The van der Waals surface area contributed by atoms with Crippen molar-refractivity contribution in [2.24, 2.45) is 5.73 Å². The molecule has 0 amide bonds. The van der Waals surface area contributed by atoms with Gasteiger partial charge in [-0.25, -0.2) is 9.97 Å². The van der Waals surface area contributed by atoms with E-state index in [0.717, 1.165) is 44.2 Å². The van der Waals surface area contributed by atoms with E-state index < -0.39 is 0 Å². The summed E-state index contributed by atoms with van der Waals surface area (Å²) in [6, 6.07) is 0. The van der Waals surface area contributed by atoms with Gasteiger partial charge in [-0.2, -0.15) is 0 Å². The van der Waals surface area contributed by atoms with Crippen LogP contribution in [-0.4, -0.2) is 59.3 Å². The van der Waals surface area contributed by atoms with Crippen LogP contribution in [0.25, 0.3) is 0 Å². The first-order chi connectivity index (χ1) is 8.33. The maximum Gasteiger partial charge on any atom is 0.225 e. The van der Waals surface area contributed by atoms with Crippen molar-refractivity contribution in [1.29, 1.82) is 0 Å². The maximum absolute atomic E-state index is 8.87. The van der Waals surface area contributed by atoms with Crippen LogP contribution in [0.2, 0.25) is 0 Å². The van der Waals surface area contributed by atoms with Crippen molar-refractivity contribution in [3.63, 3.8) is 0 Å². The molecular weight excluding hydrogens is 218 g/mol. The fourth-order valence-corrected chi connectivity index (χ4v) is 1.93. The molecule has 0 atom stereocenters. The summed E-state index contributed by atoms with van der Waals surface area (Å²) in [7, 11) is 0. The van der Waals surface area contributed by atoms with E-state index in [1.165, 1.54) is 0 Å². The number of anilines is 1. The van der Waals surface area contributed by atoms with Gasteiger partial charge in [-0.15, -0.1) is 0 Å². The normalized spacial score (nSPS) is 17.4. The molecule has 2 heterocycles. The first-order valence-corrected chi connectivity index (χ1v) is 5.92. The van der Waals surface area contributed by atoms with Gasteiger partial charge in [0.1, 0.15) is 0 Å². The molecule has 0 saturated carbocycles. The van der Waals surface area contributed by atoms with Gasteiger partial charge in [0.05, 0.1) is 6.61 Å². The average Bonchev–Trinajstić information content (AvgIpc) is 2.40. The molecule has 0 unspecified atom stereocenters. The third-order valence-corrected chi connectivity index (χ3v) is 3.00. The summed E-state index contributed by atoms with van der Waals surface area (Å²) in [6.45, 7) is 5.15. The van der Waals surface area contributed by atoms with Gasteiger partial charge < -0.3 is 15.7 Å². The Morgan fingerprint density at radius 1 is 1.18 bits per heavy atom. The Kier molecular flexibility index (Phi) is 4.24. The quantitative estimate of drug-likeness (QED) is 0.703. The van der Waals surface area contributed by atoms with Gasteiger partial charge in [0.2, 0.25) is 5.95 Å². The molecule has 1 fully saturated rings. The number of piperazine rings is 1. The minimum absolute atomic E-state index is 0.224. The molecule has 0 bridgehead atoms. The van der Waals surface area contributed by atoms with Crippen LogP contribution in [0.4, 0.5) is 5.95 Å². The second-order valence-electron chi connectivity index (χ2n) is 4.15. The van der Waals surface area contributed by atoms with Gasteiger partial charge in [-0.3, -0.25) is 4.90 Å². The standard InChI is InChI=1S/C11H19N5O/c12-7-10-8-13-11(14-9-10)16-3-1-15(2-4-16)5-6-17/h8-9,17H,1-7,12H2. The first-order valence-electron chi connectivity index (χ1n) is 5.92. The van der Waals surface area contributed by atoms with E-state index in [4.69, 9.17) is 10.8 Å². The second kappa shape index (κ2) is 5.90. The molecule has 1 aliphatic rings. The monoisotopic (exact) mass is 237 g/mol. The van der Waals surface area contributed by atoms with Crippen molar-refractivity contribution in [1.82, 2.24) is 14.9 Å². The molecule has 0 aliphatic carbocycles. The van der Waals surface area contributed by atoms with Crippen LogP contribution >= 0.6 is 0 Å². The third kappa shape index (κ3) is 3.12. The summed E-state index contributed by atoms with van der Waals surface area (Å²) in [5.74, 6) is 0.769. The summed E-state index contributed by atoms with van der Waals surface area (Å²) in [5.41, 5.74) is 6.46. The van der Waals surface area contributed by atoms with Crippen LogP contribution in [0.15, 0.2) is 12.4 Å². The molecule has 2 rings (SSSR count). The molecule has 0 spiro atoms. The molecule has 17 heavy (non-hydrogen) atoms. The lowest BCUT2D eigenvalue weighted by Gasteiger charge is -2.34. The average molecular weight is 237 g/mol. The zero-order valence-electron chi connectivity index (χ0n) is 9.92. The van der Waals surface area contributed by atoms with Gasteiger partial charge in [0.25, 0.3) is 0 Å². The number of hydrogen-bond acceptors (Lipinski definition) is 6. The molecule has 0 radical (unpaired) electrons. The third-order valence-electron chi connectivity index (χ3n) is 3.00. The first kappa shape index (κ1) is 12.2. The second-order valence-corrected chi connectivity index (χ2v) is 4.15. The van der Waals surface area contributed by atoms with Crippen molar-refractivity contribution < 1.29 is 5.11 Å². The van der Waals surface area contributed by atoms with Gasteiger partial charge in [0.15, 0.2) is 0 Å². The number of aliphatic hydroxyl groups excluding tert-OH is 1. The number of rotatable bonds is 4. The van der Waals surface area contributed by atoms with E-state index in [9.17, 15) is 0 Å². The largest absolute Gasteiger partial charge is 0.395 e. The van der Waals surface area contributed by atoms with Gasteiger partial charge in [-0.1, -0.05) is 0 Å². The summed E-state index contributed by atoms with van der Waals surface area (Å²) >= 11 is 0. The number of aromatic nitrogens is 2. The minimum atomic E-state index is 0.224. The highest BCUT2D eigenvalue weighted by Crippen LogP contribution is 2.10. The van der Waals surface area contributed by atoms with Crippen LogP contribution in [0.3, 0.4) is 0 Å². The van der Waals surface area contributed by atoms with Gasteiger partial charge in [-0.05, 0) is 0 Å². The Morgan fingerprint density at radius 2 is 1.82 bits per heavy atom. The van der Waals surface area contributed by atoms with Crippen LogP contribution in [0.5, 0.6) is 0 Å². The number of aliphatic hydroxyl groups is 1. The number of nitrogens with zero attached hydrogens (tertiary/aromatic N) is 4. The van der Waals surface area contributed by atoms with E-state index in [-0.39, 0.29) is 6.61 Å². The Hall–Kier alpha value is -1.24. The predicted molar refractivity (Wildman–Crippen MR) is 65.7 cm³/mol. The summed E-state index contributed by atoms with van der Waals surface area (Å²) in [4.78, 5) is 13.0. The van der Waals surface area contributed by atoms with Gasteiger partial charge >= 0.3 is 0 Å². The van der Waals surface area contributed by atoms with E-state index in [0.29, 0.717) is 6.54 Å². The van der Waals surface area contributed by atoms with E-state index in [1.54, 1.807) is 12.4 Å². The summed E-state index contributed by atoms with van der Waals surface area (Å²) in [5, 5.41) is 8.87. The minimum Gasteiger partial charge on any atom is -0.395 e. The van der Waals surface area contributed by atoms with Crippen LogP contribution in [0, 0.1) is 0 Å². The predicted octanol–water partition coefficient (Wildman–Crippen LogP) is -0.950. The SMILES string of the molecule is NCc1cnc(N2CCN(CCO)CC2)nc1.